The minimum absolute atomic E-state index is 0.000444. The lowest BCUT2D eigenvalue weighted by Gasteiger charge is -2.29. The quantitative estimate of drug-likeness (QED) is 0.623. The smallest absolute Gasteiger partial charge is 0.242 e. The number of rotatable bonds is 9. The average molecular weight is 415 g/mol. The standard InChI is InChI=1S/C23H30N2O3S/c1-3-22(26)25(15-20-10-7-13-28-20)17-23(27)24(14-19-8-5-4-6-9-19)16-21-12-11-18(2)29-21/h4-6,8-9,11-12,20H,3,7,10,13-17H2,1-2H3. The highest BCUT2D eigenvalue weighted by Crippen LogP contribution is 2.19. The average Bonchev–Trinajstić information content (AvgIpc) is 3.38. The molecule has 1 aromatic carbocycles. The van der Waals surface area contributed by atoms with E-state index in [1.807, 2.05) is 42.2 Å². The Hall–Kier alpha value is -2.18. The van der Waals surface area contributed by atoms with Gasteiger partial charge in [-0.15, -0.1) is 11.3 Å². The van der Waals surface area contributed by atoms with E-state index in [0.717, 1.165) is 29.9 Å². The van der Waals surface area contributed by atoms with Crippen molar-refractivity contribution in [3.63, 3.8) is 0 Å². The van der Waals surface area contributed by atoms with Crippen LogP contribution in [0.4, 0.5) is 0 Å². The molecule has 156 valence electrons. The summed E-state index contributed by atoms with van der Waals surface area (Å²) in [7, 11) is 0. The molecule has 2 amide bonds. The molecule has 1 aliphatic rings. The monoisotopic (exact) mass is 414 g/mol. The molecule has 2 heterocycles. The summed E-state index contributed by atoms with van der Waals surface area (Å²) < 4.78 is 5.70. The van der Waals surface area contributed by atoms with E-state index in [2.05, 4.69) is 19.1 Å². The van der Waals surface area contributed by atoms with Crippen molar-refractivity contribution in [3.05, 3.63) is 57.8 Å². The summed E-state index contributed by atoms with van der Waals surface area (Å²) in [4.78, 5) is 31.7. The molecule has 6 heteroatoms. The number of ether oxygens (including phenoxy) is 1. The van der Waals surface area contributed by atoms with E-state index in [0.29, 0.717) is 26.1 Å². The van der Waals surface area contributed by atoms with E-state index in [-0.39, 0.29) is 24.5 Å². The molecule has 1 fully saturated rings. The second-order valence-electron chi connectivity index (χ2n) is 7.51. The zero-order valence-corrected chi connectivity index (χ0v) is 18.1. The third-order valence-electron chi connectivity index (χ3n) is 5.14. The highest BCUT2D eigenvalue weighted by Gasteiger charge is 2.25. The maximum absolute atomic E-state index is 13.3. The Labute approximate surface area is 177 Å². The maximum atomic E-state index is 13.3. The van der Waals surface area contributed by atoms with Crippen LogP contribution in [0.25, 0.3) is 0 Å². The molecule has 1 unspecified atom stereocenters. The van der Waals surface area contributed by atoms with Gasteiger partial charge in [0.25, 0.3) is 0 Å². The van der Waals surface area contributed by atoms with Crippen molar-refractivity contribution in [2.24, 2.45) is 0 Å². The molecule has 1 saturated heterocycles. The fraction of sp³-hybridized carbons (Fsp3) is 0.478. The van der Waals surface area contributed by atoms with Gasteiger partial charge in [-0.05, 0) is 37.5 Å². The minimum atomic E-state index is -0.0281. The first-order valence-electron chi connectivity index (χ1n) is 10.3. The number of hydrogen-bond donors (Lipinski definition) is 0. The van der Waals surface area contributed by atoms with Crippen molar-refractivity contribution in [1.82, 2.24) is 9.80 Å². The number of amides is 2. The van der Waals surface area contributed by atoms with Crippen LogP contribution >= 0.6 is 11.3 Å². The molecule has 2 aromatic rings. The minimum Gasteiger partial charge on any atom is -0.376 e. The van der Waals surface area contributed by atoms with Crippen LogP contribution in [0.1, 0.15) is 41.5 Å². The van der Waals surface area contributed by atoms with Gasteiger partial charge >= 0.3 is 0 Å². The van der Waals surface area contributed by atoms with E-state index in [9.17, 15) is 9.59 Å². The van der Waals surface area contributed by atoms with Crippen LogP contribution in [0.3, 0.4) is 0 Å². The second-order valence-corrected chi connectivity index (χ2v) is 8.88. The molecule has 1 atom stereocenters. The predicted molar refractivity (Wildman–Crippen MR) is 116 cm³/mol. The van der Waals surface area contributed by atoms with E-state index >= 15 is 0 Å². The van der Waals surface area contributed by atoms with E-state index in [1.165, 1.54) is 4.88 Å². The van der Waals surface area contributed by atoms with E-state index in [4.69, 9.17) is 4.74 Å². The van der Waals surface area contributed by atoms with Gasteiger partial charge in [-0.25, -0.2) is 0 Å². The Balaban J connectivity index is 1.72. The first kappa shape index (κ1) is 21.5. The van der Waals surface area contributed by atoms with Crippen LogP contribution < -0.4 is 0 Å². The van der Waals surface area contributed by atoms with Crippen molar-refractivity contribution in [2.45, 2.75) is 52.3 Å². The van der Waals surface area contributed by atoms with Gasteiger partial charge in [0.2, 0.25) is 11.8 Å². The zero-order chi connectivity index (χ0) is 20.6. The van der Waals surface area contributed by atoms with Crippen LogP contribution in [-0.4, -0.2) is 47.4 Å². The van der Waals surface area contributed by atoms with Gasteiger partial charge in [0.15, 0.2) is 0 Å². The van der Waals surface area contributed by atoms with Crippen LogP contribution in [0, 0.1) is 6.92 Å². The third-order valence-corrected chi connectivity index (χ3v) is 6.13. The summed E-state index contributed by atoms with van der Waals surface area (Å²) in [5.41, 5.74) is 1.08. The Morgan fingerprint density at radius 3 is 2.48 bits per heavy atom. The molecule has 1 aromatic heterocycles. The SMILES string of the molecule is CCC(=O)N(CC(=O)N(Cc1ccccc1)Cc1ccc(C)s1)CC1CCCO1. The molecule has 0 spiro atoms. The molecule has 0 bridgehead atoms. The molecule has 0 saturated carbocycles. The van der Waals surface area contributed by atoms with Crippen LogP contribution in [0.5, 0.6) is 0 Å². The Kier molecular flexibility index (Phi) is 7.83. The molecule has 0 N–H and O–H groups in total. The lowest BCUT2D eigenvalue weighted by molar-refractivity contribution is -0.142. The number of nitrogens with zero attached hydrogens (tertiary/aromatic N) is 2. The summed E-state index contributed by atoms with van der Waals surface area (Å²) in [5.74, 6) is -0.0276. The summed E-state index contributed by atoms with van der Waals surface area (Å²) in [6.07, 6.45) is 2.40. The summed E-state index contributed by atoms with van der Waals surface area (Å²) in [5, 5.41) is 0. The zero-order valence-electron chi connectivity index (χ0n) is 17.3. The van der Waals surface area contributed by atoms with Crippen molar-refractivity contribution in [2.75, 3.05) is 19.7 Å². The van der Waals surface area contributed by atoms with Crippen molar-refractivity contribution >= 4 is 23.2 Å². The summed E-state index contributed by atoms with van der Waals surface area (Å²) in [6, 6.07) is 14.2. The number of benzene rings is 1. The number of carbonyl (C=O) groups excluding carboxylic acids is 2. The first-order valence-corrected chi connectivity index (χ1v) is 11.1. The number of aryl methyl sites for hydroxylation is 1. The summed E-state index contributed by atoms with van der Waals surface area (Å²) >= 11 is 1.71. The first-order chi connectivity index (χ1) is 14.0. The highest BCUT2D eigenvalue weighted by atomic mass is 32.1. The van der Waals surface area contributed by atoms with Gasteiger partial charge in [-0.2, -0.15) is 0 Å². The normalized spacial score (nSPS) is 16.0. The van der Waals surface area contributed by atoms with E-state index < -0.39 is 0 Å². The predicted octanol–water partition coefficient (Wildman–Crippen LogP) is 4.00. The van der Waals surface area contributed by atoms with Crippen LogP contribution in [0.15, 0.2) is 42.5 Å². The Morgan fingerprint density at radius 1 is 1.07 bits per heavy atom. The fourth-order valence-corrected chi connectivity index (χ4v) is 4.48. The van der Waals surface area contributed by atoms with Gasteiger partial charge in [0, 0.05) is 35.9 Å². The molecule has 0 aliphatic carbocycles. The second kappa shape index (κ2) is 10.6. The summed E-state index contributed by atoms with van der Waals surface area (Å²) in [6.45, 7) is 6.33. The fourth-order valence-electron chi connectivity index (χ4n) is 3.57. The molecular formula is C23H30N2O3S. The molecular weight excluding hydrogens is 384 g/mol. The van der Waals surface area contributed by atoms with Gasteiger partial charge < -0.3 is 14.5 Å². The topological polar surface area (TPSA) is 49.9 Å². The van der Waals surface area contributed by atoms with Crippen LogP contribution in [0.2, 0.25) is 0 Å². The van der Waals surface area contributed by atoms with Gasteiger partial charge in [-0.3, -0.25) is 9.59 Å². The van der Waals surface area contributed by atoms with Crippen molar-refractivity contribution < 1.29 is 14.3 Å². The van der Waals surface area contributed by atoms with Crippen molar-refractivity contribution in [1.29, 1.82) is 0 Å². The lowest BCUT2D eigenvalue weighted by Crippen LogP contribution is -2.45. The van der Waals surface area contributed by atoms with E-state index in [1.54, 1.807) is 16.2 Å². The molecule has 5 nitrogen and oxygen atoms in total. The number of carbonyl (C=O) groups is 2. The van der Waals surface area contributed by atoms with Gasteiger partial charge in [-0.1, -0.05) is 37.3 Å². The lowest BCUT2D eigenvalue weighted by atomic mass is 10.2. The van der Waals surface area contributed by atoms with Crippen molar-refractivity contribution in [3.8, 4) is 0 Å². The van der Waals surface area contributed by atoms with Crippen LogP contribution in [-0.2, 0) is 27.4 Å². The Bertz CT molecular complexity index is 799. The molecule has 3 rings (SSSR count). The molecule has 1 aliphatic heterocycles. The molecule has 0 radical (unpaired) electrons. The van der Waals surface area contributed by atoms with Gasteiger partial charge in [0.05, 0.1) is 19.2 Å². The largest absolute Gasteiger partial charge is 0.376 e. The third kappa shape index (κ3) is 6.41. The number of thiophene rings is 1. The highest BCUT2D eigenvalue weighted by molar-refractivity contribution is 7.11. The Morgan fingerprint density at radius 2 is 1.86 bits per heavy atom. The number of hydrogen-bond acceptors (Lipinski definition) is 4. The van der Waals surface area contributed by atoms with Gasteiger partial charge in [0.1, 0.15) is 0 Å². The molecule has 29 heavy (non-hydrogen) atoms. The maximum Gasteiger partial charge on any atom is 0.242 e.